The zero-order chi connectivity index (χ0) is 7.40. The minimum atomic E-state index is 0. The molecule has 1 unspecified atom stereocenters. The van der Waals surface area contributed by atoms with Crippen molar-refractivity contribution in [1.82, 2.24) is 0 Å². The van der Waals surface area contributed by atoms with E-state index in [1.165, 1.54) is 0 Å². The fourth-order valence-corrected chi connectivity index (χ4v) is 1.08. The van der Waals surface area contributed by atoms with Gasteiger partial charge in [0.05, 0.1) is 0 Å². The highest BCUT2D eigenvalue weighted by Gasteiger charge is 2.08. The average Bonchev–Trinajstić information content (AvgIpc) is 2.05. The van der Waals surface area contributed by atoms with Gasteiger partial charge in [0.2, 0.25) is 4.95 Å². The number of halogens is 2. The molecule has 0 fully saturated rings. The Labute approximate surface area is 82.0 Å². The topological polar surface area (TPSA) is 3.88 Å². The maximum Gasteiger partial charge on any atom is 0.211 e. The molecule has 0 aliphatic heterocycles. The van der Waals surface area contributed by atoms with Gasteiger partial charge >= 0.3 is 0 Å². The monoisotopic (exact) mass is 235 g/mol. The summed E-state index contributed by atoms with van der Waals surface area (Å²) in [6.45, 7) is 2.15. The van der Waals surface area contributed by atoms with Crippen LogP contribution >= 0.6 is 15.9 Å². The smallest absolute Gasteiger partial charge is 0.211 e. The molecule has 0 amide bonds. The summed E-state index contributed by atoms with van der Waals surface area (Å²) < 4.78 is 2.14. The molecule has 1 rings (SSSR count). The van der Waals surface area contributed by atoms with Gasteiger partial charge in [-0.2, -0.15) is 4.57 Å². The maximum atomic E-state index is 3.55. The van der Waals surface area contributed by atoms with Crippen molar-refractivity contribution in [3.63, 3.8) is 0 Å². The lowest BCUT2D eigenvalue weighted by molar-refractivity contribution is -0.697. The van der Waals surface area contributed by atoms with Crippen LogP contribution in [0.3, 0.4) is 0 Å². The Balaban J connectivity index is 0.000001000. The second-order valence-electron chi connectivity index (χ2n) is 2.17. The molecule has 1 aromatic heterocycles. The van der Waals surface area contributed by atoms with E-state index in [1.807, 2.05) is 18.2 Å². The summed E-state index contributed by atoms with van der Waals surface area (Å²) in [5, 5.41) is 0. The summed E-state index contributed by atoms with van der Waals surface area (Å²) >= 11 is 3.55. The van der Waals surface area contributed by atoms with Crippen LogP contribution in [0.1, 0.15) is 18.3 Å². The van der Waals surface area contributed by atoms with Crippen molar-refractivity contribution in [2.24, 2.45) is 0 Å². The number of pyridine rings is 1. The van der Waals surface area contributed by atoms with Crippen LogP contribution in [0.4, 0.5) is 0 Å². The predicted molar refractivity (Wildman–Crippen MR) is 44.9 cm³/mol. The number of rotatable bonds is 2. The van der Waals surface area contributed by atoms with Crippen molar-refractivity contribution in [3.8, 4) is 0 Å². The van der Waals surface area contributed by atoms with E-state index in [1.54, 1.807) is 0 Å². The zero-order valence-corrected chi connectivity index (χ0v) is 8.72. The molecule has 0 saturated heterocycles. The third kappa shape index (κ3) is 3.21. The first-order valence-corrected chi connectivity index (χ1v) is 4.36. The van der Waals surface area contributed by atoms with Crippen LogP contribution in [0.15, 0.2) is 30.6 Å². The SMILES string of the molecule is CCC(Br)[n+]1ccccc1.[Cl-]. The Kier molecular flexibility index (Phi) is 5.51. The Morgan fingerprint density at radius 1 is 1.27 bits per heavy atom. The van der Waals surface area contributed by atoms with E-state index in [9.17, 15) is 0 Å². The molecule has 62 valence electrons. The second kappa shape index (κ2) is 5.56. The van der Waals surface area contributed by atoms with E-state index in [0.29, 0.717) is 4.95 Å². The predicted octanol–water partition coefficient (Wildman–Crippen LogP) is -0.718. The molecule has 0 aliphatic carbocycles. The molecule has 0 N–H and O–H groups in total. The van der Waals surface area contributed by atoms with E-state index in [2.05, 4.69) is 39.8 Å². The van der Waals surface area contributed by atoms with Crippen LogP contribution < -0.4 is 17.0 Å². The summed E-state index contributed by atoms with van der Waals surface area (Å²) in [5.74, 6) is 0. The molecule has 0 aromatic carbocycles. The van der Waals surface area contributed by atoms with Crippen molar-refractivity contribution >= 4 is 15.9 Å². The summed E-state index contributed by atoms with van der Waals surface area (Å²) in [6.07, 6.45) is 5.22. The van der Waals surface area contributed by atoms with E-state index >= 15 is 0 Å². The van der Waals surface area contributed by atoms with Crippen molar-refractivity contribution in [2.75, 3.05) is 0 Å². The van der Waals surface area contributed by atoms with Gasteiger partial charge in [-0.25, -0.2) is 0 Å². The molecule has 11 heavy (non-hydrogen) atoms. The highest BCUT2D eigenvalue weighted by atomic mass is 79.9. The summed E-state index contributed by atoms with van der Waals surface area (Å²) in [6, 6.07) is 6.08. The highest BCUT2D eigenvalue weighted by Crippen LogP contribution is 2.08. The van der Waals surface area contributed by atoms with Gasteiger partial charge < -0.3 is 12.4 Å². The molecule has 1 nitrogen and oxygen atoms in total. The van der Waals surface area contributed by atoms with Gasteiger partial charge in [0.1, 0.15) is 0 Å². The molecule has 1 heterocycles. The Hall–Kier alpha value is -0.0800. The summed E-state index contributed by atoms with van der Waals surface area (Å²) in [7, 11) is 0. The van der Waals surface area contributed by atoms with E-state index in [-0.39, 0.29) is 12.4 Å². The normalized spacial score (nSPS) is 11.8. The van der Waals surface area contributed by atoms with Crippen LogP contribution in [0, 0.1) is 0 Å². The molecule has 0 radical (unpaired) electrons. The van der Waals surface area contributed by atoms with Gasteiger partial charge in [0.15, 0.2) is 12.4 Å². The van der Waals surface area contributed by atoms with Crippen LogP contribution in [-0.2, 0) is 0 Å². The lowest BCUT2D eigenvalue weighted by atomic mass is 10.4. The fourth-order valence-electron chi connectivity index (χ4n) is 0.810. The molecule has 1 atom stereocenters. The van der Waals surface area contributed by atoms with Gasteiger partial charge in [0.25, 0.3) is 0 Å². The fraction of sp³-hybridized carbons (Fsp3) is 0.375. The van der Waals surface area contributed by atoms with E-state index < -0.39 is 0 Å². The highest BCUT2D eigenvalue weighted by molar-refractivity contribution is 9.09. The first-order valence-electron chi connectivity index (χ1n) is 3.44. The number of nitrogens with zero attached hydrogens (tertiary/aromatic N) is 1. The van der Waals surface area contributed by atoms with Gasteiger partial charge in [0, 0.05) is 18.6 Å². The number of hydrogen-bond donors (Lipinski definition) is 0. The molecular formula is C8H11BrClN. The molecule has 0 aliphatic rings. The third-order valence-corrected chi connectivity index (χ3v) is 2.52. The van der Waals surface area contributed by atoms with E-state index in [0.717, 1.165) is 6.42 Å². The van der Waals surface area contributed by atoms with E-state index in [4.69, 9.17) is 0 Å². The van der Waals surface area contributed by atoms with Crippen molar-refractivity contribution in [3.05, 3.63) is 30.6 Å². The first kappa shape index (κ1) is 10.9. The minimum Gasteiger partial charge on any atom is -1.00 e. The van der Waals surface area contributed by atoms with Crippen LogP contribution in [0.25, 0.3) is 0 Å². The van der Waals surface area contributed by atoms with Gasteiger partial charge in [-0.15, -0.1) is 0 Å². The number of aromatic nitrogens is 1. The van der Waals surface area contributed by atoms with Crippen molar-refractivity contribution < 1.29 is 17.0 Å². The standard InChI is InChI=1S/C8H11BrN.ClH/c1-2-8(9)10-6-4-3-5-7-10;/h3-8H,2H2,1H3;1H/q+1;/p-1. The molecule has 0 saturated carbocycles. The largest absolute Gasteiger partial charge is 1.00 e. The second-order valence-corrected chi connectivity index (χ2v) is 3.22. The zero-order valence-electron chi connectivity index (χ0n) is 6.37. The third-order valence-electron chi connectivity index (χ3n) is 1.40. The molecule has 1 aromatic rings. The molecule has 3 heteroatoms. The number of hydrogen-bond acceptors (Lipinski definition) is 0. The van der Waals surface area contributed by atoms with Gasteiger partial charge in [-0.05, 0) is 15.9 Å². The lowest BCUT2D eigenvalue weighted by Crippen LogP contribution is -3.00. The Morgan fingerprint density at radius 2 is 1.82 bits per heavy atom. The summed E-state index contributed by atoms with van der Waals surface area (Å²) in [5.41, 5.74) is 0. The van der Waals surface area contributed by atoms with Crippen molar-refractivity contribution in [2.45, 2.75) is 18.3 Å². The van der Waals surface area contributed by atoms with Crippen molar-refractivity contribution in [1.29, 1.82) is 0 Å². The van der Waals surface area contributed by atoms with Gasteiger partial charge in [-0.1, -0.05) is 13.0 Å². The quantitative estimate of drug-likeness (QED) is 0.472. The Morgan fingerprint density at radius 3 is 2.27 bits per heavy atom. The van der Waals surface area contributed by atoms with Crippen LogP contribution in [0.5, 0.6) is 0 Å². The summed E-state index contributed by atoms with van der Waals surface area (Å²) in [4.78, 5) is 0.439. The Bertz CT molecular complexity index is 191. The van der Waals surface area contributed by atoms with Crippen LogP contribution in [0.2, 0.25) is 0 Å². The number of alkyl halides is 1. The van der Waals surface area contributed by atoms with Crippen LogP contribution in [-0.4, -0.2) is 0 Å². The molecular weight excluding hydrogens is 225 g/mol. The van der Waals surface area contributed by atoms with Gasteiger partial charge in [-0.3, -0.25) is 0 Å². The average molecular weight is 237 g/mol. The molecule has 0 spiro atoms. The maximum absolute atomic E-state index is 3.55. The lowest BCUT2D eigenvalue weighted by Gasteiger charge is -1.99. The first-order chi connectivity index (χ1) is 4.84. The minimum absolute atomic E-state index is 0. The molecule has 0 bridgehead atoms.